The third-order valence-corrected chi connectivity index (χ3v) is 0.644. The third kappa shape index (κ3) is 0.900. The van der Waals surface area contributed by atoms with Crippen LogP contribution in [0.5, 0.6) is 6.01 Å². The summed E-state index contributed by atoms with van der Waals surface area (Å²) in [7, 11) is 1.50. The van der Waals surface area contributed by atoms with Crippen LogP contribution in [-0.2, 0) is 0 Å². The van der Waals surface area contributed by atoms with E-state index in [-0.39, 0.29) is 0 Å². The van der Waals surface area contributed by atoms with Gasteiger partial charge in [-0.15, -0.1) is 0 Å². The van der Waals surface area contributed by atoms with Gasteiger partial charge in [0.05, 0.1) is 19.5 Å². The standard InChI is InChI=1S/C4H5N3O/c1-8-4-5-2-3-6-7-4/h2-3H,1H3. The Morgan fingerprint density at radius 1 is 1.50 bits per heavy atom. The molecule has 1 aromatic heterocycles. The average Bonchev–Trinajstić information content (AvgIpc) is 1.90. The maximum Gasteiger partial charge on any atom is 0.335 e. The SMILES string of the molecule is COc1nccnn1. The Morgan fingerprint density at radius 2 is 2.38 bits per heavy atom. The van der Waals surface area contributed by atoms with Crippen molar-refractivity contribution in [3.05, 3.63) is 12.4 Å². The first-order valence-corrected chi connectivity index (χ1v) is 2.11. The molecule has 0 aliphatic rings. The molecule has 4 nitrogen and oxygen atoms in total. The van der Waals surface area contributed by atoms with Crippen molar-refractivity contribution in [2.45, 2.75) is 0 Å². The van der Waals surface area contributed by atoms with Crippen molar-refractivity contribution in [3.8, 4) is 6.01 Å². The van der Waals surface area contributed by atoms with Crippen LogP contribution in [0.15, 0.2) is 12.4 Å². The molecule has 0 saturated heterocycles. The Kier molecular flexibility index (Phi) is 1.37. The number of methoxy groups -OCH3 is 1. The van der Waals surface area contributed by atoms with Crippen molar-refractivity contribution in [2.24, 2.45) is 0 Å². The molecular weight excluding hydrogens is 106 g/mol. The third-order valence-electron chi connectivity index (χ3n) is 0.644. The van der Waals surface area contributed by atoms with Crippen LogP contribution < -0.4 is 4.74 Å². The molecule has 1 rings (SSSR count). The summed E-state index contributed by atoms with van der Waals surface area (Å²) in [6.07, 6.45) is 3.01. The number of nitrogens with zero attached hydrogens (tertiary/aromatic N) is 3. The van der Waals surface area contributed by atoms with Crippen LogP contribution in [0.1, 0.15) is 0 Å². The minimum Gasteiger partial charge on any atom is -0.466 e. The maximum atomic E-state index is 4.63. The first-order chi connectivity index (χ1) is 3.93. The molecule has 1 heterocycles. The summed E-state index contributed by atoms with van der Waals surface area (Å²) in [6, 6.07) is 0.299. The largest absolute Gasteiger partial charge is 0.466 e. The molecule has 42 valence electrons. The van der Waals surface area contributed by atoms with Gasteiger partial charge < -0.3 is 4.74 Å². The fourth-order valence-corrected chi connectivity index (χ4v) is 0.329. The van der Waals surface area contributed by atoms with Gasteiger partial charge in [0.25, 0.3) is 0 Å². The highest BCUT2D eigenvalue weighted by Gasteiger charge is 1.85. The van der Waals surface area contributed by atoms with Crippen molar-refractivity contribution in [1.82, 2.24) is 15.2 Å². The van der Waals surface area contributed by atoms with Crippen LogP contribution in [0.3, 0.4) is 0 Å². The lowest BCUT2D eigenvalue weighted by Crippen LogP contribution is -1.91. The smallest absolute Gasteiger partial charge is 0.335 e. The fraction of sp³-hybridized carbons (Fsp3) is 0.250. The van der Waals surface area contributed by atoms with Crippen LogP contribution in [0.4, 0.5) is 0 Å². The Balaban J connectivity index is 2.83. The predicted molar refractivity (Wildman–Crippen MR) is 26.4 cm³/mol. The molecule has 0 unspecified atom stereocenters. The summed E-state index contributed by atoms with van der Waals surface area (Å²) in [6.45, 7) is 0. The maximum absolute atomic E-state index is 4.63. The van der Waals surface area contributed by atoms with Crippen molar-refractivity contribution in [3.63, 3.8) is 0 Å². The molecule has 1 aromatic rings. The van der Waals surface area contributed by atoms with Crippen molar-refractivity contribution < 1.29 is 4.74 Å². The molecule has 0 bridgehead atoms. The minimum absolute atomic E-state index is 0.299. The van der Waals surface area contributed by atoms with Gasteiger partial charge in [0.2, 0.25) is 0 Å². The monoisotopic (exact) mass is 111 g/mol. The van der Waals surface area contributed by atoms with E-state index in [0.29, 0.717) is 6.01 Å². The lowest BCUT2D eigenvalue weighted by Gasteiger charge is -1.89. The molecule has 0 aliphatic carbocycles. The van der Waals surface area contributed by atoms with Crippen molar-refractivity contribution in [1.29, 1.82) is 0 Å². The van der Waals surface area contributed by atoms with Gasteiger partial charge in [-0.05, 0) is 0 Å². The highest BCUT2D eigenvalue weighted by molar-refractivity contribution is 4.85. The lowest BCUT2D eigenvalue weighted by atomic mass is 10.9. The number of hydrogen-bond acceptors (Lipinski definition) is 4. The zero-order valence-electron chi connectivity index (χ0n) is 4.40. The van der Waals surface area contributed by atoms with Crippen LogP contribution >= 0.6 is 0 Å². The predicted octanol–water partition coefficient (Wildman–Crippen LogP) is -0.120. The zero-order valence-corrected chi connectivity index (χ0v) is 4.40. The molecule has 4 heteroatoms. The molecule has 0 radical (unpaired) electrons. The second-order valence-electron chi connectivity index (χ2n) is 1.13. The normalized spacial score (nSPS) is 8.62. The summed E-state index contributed by atoms with van der Waals surface area (Å²) >= 11 is 0. The van der Waals surface area contributed by atoms with Gasteiger partial charge in [-0.1, -0.05) is 5.10 Å². The summed E-state index contributed by atoms with van der Waals surface area (Å²) < 4.78 is 4.63. The Hall–Kier alpha value is -1.19. The number of ether oxygens (including phenoxy) is 1. The first kappa shape index (κ1) is 4.96. The number of rotatable bonds is 1. The van der Waals surface area contributed by atoms with Crippen molar-refractivity contribution in [2.75, 3.05) is 7.11 Å². The number of aromatic nitrogens is 3. The van der Waals surface area contributed by atoms with E-state index in [1.807, 2.05) is 0 Å². The summed E-state index contributed by atoms with van der Waals surface area (Å²) in [5.41, 5.74) is 0. The van der Waals surface area contributed by atoms with Crippen LogP contribution in [0, 0.1) is 0 Å². The van der Waals surface area contributed by atoms with Gasteiger partial charge >= 0.3 is 6.01 Å². The van der Waals surface area contributed by atoms with E-state index in [1.54, 1.807) is 0 Å². The van der Waals surface area contributed by atoms with E-state index in [9.17, 15) is 0 Å². The second-order valence-corrected chi connectivity index (χ2v) is 1.13. The molecule has 0 N–H and O–H groups in total. The van der Waals surface area contributed by atoms with Crippen LogP contribution in [-0.4, -0.2) is 22.3 Å². The molecule has 0 aromatic carbocycles. The summed E-state index contributed by atoms with van der Waals surface area (Å²) in [5, 5.41) is 7.03. The Bertz CT molecular complexity index is 153. The second kappa shape index (κ2) is 2.20. The van der Waals surface area contributed by atoms with E-state index in [1.165, 1.54) is 19.5 Å². The Morgan fingerprint density at radius 3 is 2.75 bits per heavy atom. The molecule has 0 atom stereocenters. The molecule has 8 heavy (non-hydrogen) atoms. The van der Waals surface area contributed by atoms with E-state index in [2.05, 4.69) is 19.9 Å². The van der Waals surface area contributed by atoms with Gasteiger partial charge in [-0.25, -0.2) is 4.98 Å². The summed E-state index contributed by atoms with van der Waals surface area (Å²) in [4.78, 5) is 3.70. The molecular formula is C4H5N3O. The molecule has 0 amide bonds. The van der Waals surface area contributed by atoms with E-state index >= 15 is 0 Å². The molecule has 0 spiro atoms. The fourth-order valence-electron chi connectivity index (χ4n) is 0.329. The number of hydrogen-bond donors (Lipinski definition) is 0. The van der Waals surface area contributed by atoms with Crippen LogP contribution in [0.25, 0.3) is 0 Å². The topological polar surface area (TPSA) is 47.9 Å². The van der Waals surface area contributed by atoms with Gasteiger partial charge in [0.15, 0.2) is 0 Å². The highest BCUT2D eigenvalue weighted by Crippen LogP contribution is 1.90. The minimum atomic E-state index is 0.299. The average molecular weight is 111 g/mol. The highest BCUT2D eigenvalue weighted by atomic mass is 16.5. The molecule has 0 fully saturated rings. The molecule has 0 aliphatic heterocycles. The van der Waals surface area contributed by atoms with Gasteiger partial charge in [0.1, 0.15) is 0 Å². The van der Waals surface area contributed by atoms with E-state index in [4.69, 9.17) is 0 Å². The Labute approximate surface area is 46.5 Å². The first-order valence-electron chi connectivity index (χ1n) is 2.11. The quantitative estimate of drug-likeness (QED) is 0.507. The lowest BCUT2D eigenvalue weighted by molar-refractivity contribution is 0.373. The zero-order chi connectivity index (χ0) is 5.82. The van der Waals surface area contributed by atoms with Gasteiger partial charge in [-0.3, -0.25) is 0 Å². The van der Waals surface area contributed by atoms with Gasteiger partial charge in [-0.2, -0.15) is 5.10 Å². The van der Waals surface area contributed by atoms with E-state index < -0.39 is 0 Å². The van der Waals surface area contributed by atoms with Gasteiger partial charge in [0, 0.05) is 0 Å². The molecule has 0 saturated carbocycles. The van der Waals surface area contributed by atoms with E-state index in [0.717, 1.165) is 0 Å². The summed E-state index contributed by atoms with van der Waals surface area (Å²) in [5.74, 6) is 0. The van der Waals surface area contributed by atoms with Crippen molar-refractivity contribution >= 4 is 0 Å². The van der Waals surface area contributed by atoms with Crippen LogP contribution in [0.2, 0.25) is 0 Å².